The van der Waals surface area contributed by atoms with E-state index >= 15 is 0 Å². The van der Waals surface area contributed by atoms with Gasteiger partial charge in [0.1, 0.15) is 5.82 Å². The molecule has 0 saturated heterocycles. The van der Waals surface area contributed by atoms with Gasteiger partial charge in [-0.2, -0.15) is 0 Å². The minimum atomic E-state index is 0. The number of anilines is 1. The molecule has 0 aromatic carbocycles. The number of halogens is 1. The predicted molar refractivity (Wildman–Crippen MR) is 117 cm³/mol. The van der Waals surface area contributed by atoms with Crippen molar-refractivity contribution in [2.45, 2.75) is 26.3 Å². The molecule has 0 atom stereocenters. The van der Waals surface area contributed by atoms with E-state index in [0.29, 0.717) is 6.54 Å². The first kappa shape index (κ1) is 21.6. The summed E-state index contributed by atoms with van der Waals surface area (Å²) in [7, 11) is 5.76. The molecule has 0 saturated carbocycles. The third-order valence-corrected chi connectivity index (χ3v) is 4.73. The van der Waals surface area contributed by atoms with Crippen molar-refractivity contribution in [1.29, 1.82) is 0 Å². The summed E-state index contributed by atoms with van der Waals surface area (Å²) < 4.78 is 0. The van der Waals surface area contributed by atoms with E-state index < -0.39 is 0 Å². The molecule has 0 aliphatic carbocycles. The van der Waals surface area contributed by atoms with E-state index in [9.17, 15) is 0 Å². The smallest absolute Gasteiger partial charge is 0.191 e. The summed E-state index contributed by atoms with van der Waals surface area (Å²) in [6.07, 6.45) is 5.76. The number of nitrogens with zero attached hydrogens (tertiary/aromatic N) is 4. The van der Waals surface area contributed by atoms with Gasteiger partial charge in [-0.25, -0.2) is 9.97 Å². The summed E-state index contributed by atoms with van der Waals surface area (Å²) in [5.41, 5.74) is 1.17. The number of hydrogen-bond acceptors (Lipinski definition) is 5. The van der Waals surface area contributed by atoms with Crippen LogP contribution in [0.4, 0.5) is 5.82 Å². The molecule has 0 amide bonds. The van der Waals surface area contributed by atoms with E-state index in [1.54, 1.807) is 18.4 Å². The Morgan fingerprint density at radius 1 is 1.28 bits per heavy atom. The highest BCUT2D eigenvalue weighted by molar-refractivity contribution is 14.0. The standard InChI is InChI=1S/C17H26N6S.HI/c1-5-14-12-21-16(24-14)7-9-20-17(18-2)22-11-13-6-8-19-15(10-13)23(3)4;/h6,8,10,12H,5,7,9,11H2,1-4H3,(H2,18,20,22);1H. The maximum Gasteiger partial charge on any atom is 0.191 e. The Morgan fingerprint density at radius 3 is 2.72 bits per heavy atom. The molecule has 25 heavy (non-hydrogen) atoms. The summed E-state index contributed by atoms with van der Waals surface area (Å²) in [6, 6.07) is 4.08. The Labute approximate surface area is 171 Å². The fraction of sp³-hybridized carbons (Fsp3) is 0.471. The first-order valence-corrected chi connectivity index (χ1v) is 8.94. The van der Waals surface area contributed by atoms with Crippen molar-refractivity contribution in [2.24, 2.45) is 4.99 Å². The van der Waals surface area contributed by atoms with Crippen molar-refractivity contribution in [2.75, 3.05) is 32.6 Å². The Balaban J connectivity index is 0.00000312. The van der Waals surface area contributed by atoms with Gasteiger partial charge in [-0.15, -0.1) is 35.3 Å². The predicted octanol–water partition coefficient (Wildman–Crippen LogP) is 2.69. The van der Waals surface area contributed by atoms with Crippen molar-refractivity contribution in [3.05, 3.63) is 40.0 Å². The van der Waals surface area contributed by atoms with Gasteiger partial charge < -0.3 is 15.5 Å². The van der Waals surface area contributed by atoms with Gasteiger partial charge in [-0.3, -0.25) is 4.99 Å². The van der Waals surface area contributed by atoms with Crippen LogP contribution >= 0.6 is 35.3 Å². The number of aliphatic imine (C=N–C) groups is 1. The molecule has 0 fully saturated rings. The second kappa shape index (κ2) is 11.2. The first-order chi connectivity index (χ1) is 11.6. The van der Waals surface area contributed by atoms with Crippen LogP contribution in [-0.4, -0.2) is 43.6 Å². The van der Waals surface area contributed by atoms with E-state index in [-0.39, 0.29) is 24.0 Å². The highest BCUT2D eigenvalue weighted by Gasteiger charge is 2.03. The summed E-state index contributed by atoms with van der Waals surface area (Å²) in [5, 5.41) is 7.83. The molecular weight excluding hydrogens is 447 g/mol. The van der Waals surface area contributed by atoms with Crippen molar-refractivity contribution < 1.29 is 0 Å². The lowest BCUT2D eigenvalue weighted by molar-refractivity contribution is 0.791. The van der Waals surface area contributed by atoms with Gasteiger partial charge in [0.05, 0.1) is 5.01 Å². The van der Waals surface area contributed by atoms with Crippen LogP contribution in [-0.2, 0) is 19.4 Å². The largest absolute Gasteiger partial charge is 0.363 e. The second-order valence-electron chi connectivity index (χ2n) is 5.59. The SMILES string of the molecule is CCc1cnc(CCNC(=NC)NCc2ccnc(N(C)C)c2)s1.I. The Morgan fingerprint density at radius 2 is 2.08 bits per heavy atom. The van der Waals surface area contributed by atoms with Crippen molar-refractivity contribution >= 4 is 47.1 Å². The number of rotatable bonds is 7. The van der Waals surface area contributed by atoms with E-state index in [2.05, 4.69) is 38.6 Å². The molecule has 2 aromatic rings. The zero-order chi connectivity index (χ0) is 17.4. The number of nitrogens with one attached hydrogen (secondary N) is 2. The van der Waals surface area contributed by atoms with Gasteiger partial charge in [0.15, 0.2) is 5.96 Å². The quantitative estimate of drug-likeness (QED) is 0.367. The molecule has 2 N–H and O–H groups in total. The molecule has 138 valence electrons. The third kappa shape index (κ3) is 7.15. The Kier molecular flexibility index (Phi) is 9.73. The monoisotopic (exact) mass is 474 g/mol. The maximum absolute atomic E-state index is 4.44. The number of guanidine groups is 1. The van der Waals surface area contributed by atoms with Crippen LogP contribution in [0, 0.1) is 0 Å². The van der Waals surface area contributed by atoms with Gasteiger partial charge in [-0.05, 0) is 24.1 Å². The first-order valence-electron chi connectivity index (χ1n) is 8.12. The summed E-state index contributed by atoms with van der Waals surface area (Å²) in [6.45, 7) is 3.68. The van der Waals surface area contributed by atoms with Gasteiger partial charge in [0.25, 0.3) is 0 Å². The molecule has 0 aliphatic rings. The van der Waals surface area contributed by atoms with Crippen molar-refractivity contribution in [1.82, 2.24) is 20.6 Å². The van der Waals surface area contributed by atoms with Gasteiger partial charge >= 0.3 is 0 Å². The fourth-order valence-electron chi connectivity index (χ4n) is 2.14. The minimum Gasteiger partial charge on any atom is -0.363 e. The average molecular weight is 474 g/mol. The summed E-state index contributed by atoms with van der Waals surface area (Å²) in [4.78, 5) is 16.4. The lowest BCUT2D eigenvalue weighted by Gasteiger charge is -2.14. The lowest BCUT2D eigenvalue weighted by atomic mass is 10.2. The van der Waals surface area contributed by atoms with Gasteiger partial charge in [0, 0.05) is 57.9 Å². The molecular formula is C17H27IN6S. The molecule has 0 spiro atoms. The Bertz CT molecular complexity index is 671. The zero-order valence-electron chi connectivity index (χ0n) is 15.2. The molecule has 0 unspecified atom stereocenters. The van der Waals surface area contributed by atoms with Crippen LogP contribution in [0.1, 0.15) is 22.4 Å². The van der Waals surface area contributed by atoms with Gasteiger partial charge in [-0.1, -0.05) is 6.92 Å². The van der Waals surface area contributed by atoms with Crippen LogP contribution in [0.2, 0.25) is 0 Å². The Hall–Kier alpha value is -1.42. The molecule has 0 aliphatic heterocycles. The van der Waals surface area contributed by atoms with E-state index in [4.69, 9.17) is 0 Å². The van der Waals surface area contributed by atoms with E-state index in [1.165, 1.54) is 15.4 Å². The van der Waals surface area contributed by atoms with Crippen molar-refractivity contribution in [3.63, 3.8) is 0 Å². The van der Waals surface area contributed by atoms with Crippen LogP contribution in [0.25, 0.3) is 0 Å². The fourth-order valence-corrected chi connectivity index (χ4v) is 3.00. The second-order valence-corrected chi connectivity index (χ2v) is 6.79. The number of thiazole rings is 1. The van der Waals surface area contributed by atoms with Crippen molar-refractivity contribution in [3.8, 4) is 0 Å². The zero-order valence-corrected chi connectivity index (χ0v) is 18.4. The summed E-state index contributed by atoms with van der Waals surface area (Å²) in [5.74, 6) is 1.75. The van der Waals surface area contributed by atoms with E-state index in [1.807, 2.05) is 37.5 Å². The van der Waals surface area contributed by atoms with Crippen LogP contribution in [0.5, 0.6) is 0 Å². The highest BCUT2D eigenvalue weighted by Crippen LogP contribution is 2.13. The van der Waals surface area contributed by atoms with Gasteiger partial charge in [0.2, 0.25) is 0 Å². The lowest BCUT2D eigenvalue weighted by Crippen LogP contribution is -2.37. The molecule has 2 aromatic heterocycles. The normalized spacial score (nSPS) is 11.0. The average Bonchev–Trinajstić information content (AvgIpc) is 3.06. The molecule has 0 radical (unpaired) electrons. The van der Waals surface area contributed by atoms with E-state index in [0.717, 1.165) is 31.2 Å². The number of pyridine rings is 1. The molecule has 6 nitrogen and oxygen atoms in total. The third-order valence-electron chi connectivity index (χ3n) is 3.53. The minimum absolute atomic E-state index is 0. The summed E-state index contributed by atoms with van der Waals surface area (Å²) >= 11 is 1.78. The highest BCUT2D eigenvalue weighted by atomic mass is 127. The van der Waals surface area contributed by atoms with Crippen LogP contribution in [0.3, 0.4) is 0 Å². The molecule has 8 heteroatoms. The maximum atomic E-state index is 4.44. The van der Waals surface area contributed by atoms with Crippen LogP contribution < -0.4 is 15.5 Å². The number of hydrogen-bond donors (Lipinski definition) is 2. The molecule has 2 rings (SSSR count). The topological polar surface area (TPSA) is 65.4 Å². The molecule has 2 heterocycles. The number of aryl methyl sites for hydroxylation is 1. The molecule has 0 bridgehead atoms. The van der Waals surface area contributed by atoms with Crippen LogP contribution in [0.15, 0.2) is 29.5 Å². The number of aromatic nitrogens is 2.